The summed E-state index contributed by atoms with van der Waals surface area (Å²) in [5.41, 5.74) is 2.83. The zero-order chi connectivity index (χ0) is 24.4. The van der Waals surface area contributed by atoms with Crippen LogP contribution in [0.25, 0.3) is 17.2 Å². The molecule has 1 atom stereocenters. The Hall–Kier alpha value is -3.71. The molecule has 0 aliphatic carbocycles. The number of likely N-dealkylation sites (N-methyl/N-ethyl adjacent to an activating group) is 1. The van der Waals surface area contributed by atoms with E-state index in [0.29, 0.717) is 18.9 Å². The Bertz CT molecular complexity index is 1260. The molecule has 2 aliphatic heterocycles. The maximum atomic E-state index is 12.3. The van der Waals surface area contributed by atoms with Gasteiger partial charge in [-0.1, -0.05) is 6.07 Å². The Kier molecular flexibility index (Phi) is 6.51. The van der Waals surface area contributed by atoms with Crippen molar-refractivity contribution in [3.63, 3.8) is 0 Å². The number of amides is 1. The van der Waals surface area contributed by atoms with Crippen molar-refractivity contribution in [1.29, 1.82) is 5.26 Å². The number of rotatable bonds is 5. The molecular weight excluding hydrogens is 442 g/mol. The van der Waals surface area contributed by atoms with Gasteiger partial charge in [-0.3, -0.25) is 9.20 Å². The van der Waals surface area contributed by atoms with Crippen LogP contribution in [0.2, 0.25) is 0 Å². The highest BCUT2D eigenvalue weighted by molar-refractivity contribution is 5.78. The number of aromatic nitrogens is 4. The molecule has 0 bridgehead atoms. The predicted molar refractivity (Wildman–Crippen MR) is 134 cm³/mol. The summed E-state index contributed by atoms with van der Waals surface area (Å²) >= 11 is 0. The van der Waals surface area contributed by atoms with Crippen LogP contribution < -0.4 is 10.2 Å². The minimum Gasteiger partial charge on any atom is -0.365 e. The number of carbonyl (C=O) groups is 1. The van der Waals surface area contributed by atoms with E-state index >= 15 is 0 Å². The average molecular weight is 474 g/mol. The molecule has 5 heterocycles. The van der Waals surface area contributed by atoms with E-state index in [1.807, 2.05) is 34.9 Å². The first-order chi connectivity index (χ1) is 17.0. The Labute approximate surface area is 205 Å². The Balaban J connectivity index is 1.47. The number of hydrogen-bond donors (Lipinski definition) is 1. The summed E-state index contributed by atoms with van der Waals surface area (Å²) in [4.78, 5) is 33.1. The number of likely N-dealkylation sites (tertiary alicyclic amines) is 1. The molecule has 3 aromatic rings. The van der Waals surface area contributed by atoms with Crippen LogP contribution in [0, 0.1) is 18.3 Å². The standard InChI is InChI=1S/C25H31N9O/c1-18-5-6-22-27-15-20(34(22)16-18)25-29-21(14-23(30-25)32-12-10-31(2)11-13-32)28-19-4-3-9-33(17-19)24(35)7-8-26/h5-6,14-16,19H,3-4,7,9-13,17H2,1-2H3,(H,28,29,30). The van der Waals surface area contributed by atoms with Crippen molar-refractivity contribution in [2.24, 2.45) is 0 Å². The average Bonchev–Trinajstić information content (AvgIpc) is 3.28. The van der Waals surface area contributed by atoms with E-state index in [2.05, 4.69) is 40.3 Å². The molecule has 1 N–H and O–H groups in total. The van der Waals surface area contributed by atoms with Crippen molar-refractivity contribution in [2.45, 2.75) is 32.2 Å². The molecule has 10 nitrogen and oxygen atoms in total. The first-order valence-corrected chi connectivity index (χ1v) is 12.2. The lowest BCUT2D eigenvalue weighted by Gasteiger charge is -2.34. The van der Waals surface area contributed by atoms with Gasteiger partial charge in [0.15, 0.2) is 5.82 Å². The third-order valence-electron chi connectivity index (χ3n) is 6.78. The zero-order valence-corrected chi connectivity index (χ0v) is 20.3. The van der Waals surface area contributed by atoms with Crippen LogP contribution in [0.1, 0.15) is 24.8 Å². The summed E-state index contributed by atoms with van der Waals surface area (Å²) in [6.07, 6.45) is 5.63. The van der Waals surface area contributed by atoms with E-state index in [1.54, 1.807) is 4.90 Å². The van der Waals surface area contributed by atoms with Crippen molar-refractivity contribution < 1.29 is 4.79 Å². The van der Waals surface area contributed by atoms with Crippen molar-refractivity contribution in [3.05, 3.63) is 36.2 Å². The van der Waals surface area contributed by atoms with E-state index in [-0.39, 0.29) is 18.4 Å². The Morgan fingerprint density at radius 3 is 2.83 bits per heavy atom. The number of carbonyl (C=O) groups excluding carboxylic acids is 1. The molecule has 0 spiro atoms. The van der Waals surface area contributed by atoms with Crippen molar-refractivity contribution >= 4 is 23.2 Å². The summed E-state index contributed by atoms with van der Waals surface area (Å²) in [6.45, 7) is 7.09. The smallest absolute Gasteiger partial charge is 0.236 e. The van der Waals surface area contributed by atoms with E-state index in [9.17, 15) is 4.79 Å². The molecule has 2 fully saturated rings. The highest BCUT2D eigenvalue weighted by Crippen LogP contribution is 2.26. The summed E-state index contributed by atoms with van der Waals surface area (Å²) in [5, 5.41) is 12.5. The van der Waals surface area contributed by atoms with Crippen LogP contribution in [0.4, 0.5) is 11.6 Å². The molecule has 35 heavy (non-hydrogen) atoms. The number of nitriles is 1. The molecule has 0 radical (unpaired) electrons. The second-order valence-corrected chi connectivity index (χ2v) is 9.46. The lowest BCUT2D eigenvalue weighted by atomic mass is 10.1. The second kappa shape index (κ2) is 9.88. The van der Waals surface area contributed by atoms with Crippen LogP contribution in [0.5, 0.6) is 0 Å². The summed E-state index contributed by atoms with van der Waals surface area (Å²) in [6, 6.07) is 8.09. The van der Waals surface area contributed by atoms with Crippen LogP contribution >= 0.6 is 0 Å². The SMILES string of the molecule is Cc1ccc2ncc(-c3nc(NC4CCCN(C(=O)CC#N)C4)cc(N4CCN(C)CC4)n3)n2c1. The summed E-state index contributed by atoms with van der Waals surface area (Å²) in [5.74, 6) is 2.14. The fourth-order valence-electron chi connectivity index (χ4n) is 4.78. The van der Waals surface area contributed by atoms with Gasteiger partial charge in [-0.05, 0) is 38.4 Å². The topological polar surface area (TPSA) is 106 Å². The maximum absolute atomic E-state index is 12.3. The molecule has 3 aromatic heterocycles. The summed E-state index contributed by atoms with van der Waals surface area (Å²) < 4.78 is 2.03. The number of anilines is 2. The number of piperidine rings is 1. The number of pyridine rings is 1. The predicted octanol–water partition coefficient (Wildman–Crippen LogP) is 2.17. The van der Waals surface area contributed by atoms with Gasteiger partial charge in [0.2, 0.25) is 5.91 Å². The van der Waals surface area contributed by atoms with E-state index < -0.39 is 0 Å². The number of hydrogen-bond acceptors (Lipinski definition) is 8. The lowest BCUT2D eigenvalue weighted by Crippen LogP contribution is -2.45. The highest BCUT2D eigenvalue weighted by Gasteiger charge is 2.25. The Morgan fingerprint density at radius 1 is 1.20 bits per heavy atom. The zero-order valence-electron chi connectivity index (χ0n) is 20.3. The van der Waals surface area contributed by atoms with Gasteiger partial charge in [-0.25, -0.2) is 15.0 Å². The van der Waals surface area contributed by atoms with Crippen LogP contribution in [0.15, 0.2) is 30.6 Å². The first-order valence-electron chi connectivity index (χ1n) is 12.2. The van der Waals surface area contributed by atoms with Gasteiger partial charge in [0.25, 0.3) is 0 Å². The third kappa shape index (κ3) is 5.05. The van der Waals surface area contributed by atoms with Gasteiger partial charge in [0.1, 0.15) is 29.4 Å². The van der Waals surface area contributed by atoms with Crippen molar-refractivity contribution in [3.8, 4) is 17.6 Å². The normalized spacial score (nSPS) is 19.1. The minimum atomic E-state index is -0.110. The van der Waals surface area contributed by atoms with E-state index in [1.165, 1.54) is 0 Å². The molecular formula is C25H31N9O. The van der Waals surface area contributed by atoms with E-state index in [4.69, 9.17) is 15.2 Å². The minimum absolute atomic E-state index is 0.0684. The van der Waals surface area contributed by atoms with E-state index in [0.717, 1.165) is 67.6 Å². The number of nitrogens with zero attached hydrogens (tertiary/aromatic N) is 8. The number of imidazole rings is 1. The van der Waals surface area contributed by atoms with Crippen LogP contribution in [0.3, 0.4) is 0 Å². The number of aryl methyl sites for hydroxylation is 1. The third-order valence-corrected chi connectivity index (χ3v) is 6.78. The molecule has 2 saturated heterocycles. The molecule has 10 heteroatoms. The monoisotopic (exact) mass is 473 g/mol. The maximum Gasteiger partial charge on any atom is 0.236 e. The number of fused-ring (bicyclic) bond motifs is 1. The largest absolute Gasteiger partial charge is 0.365 e. The van der Waals surface area contributed by atoms with Gasteiger partial charge in [-0.2, -0.15) is 5.26 Å². The molecule has 5 rings (SSSR count). The quantitative estimate of drug-likeness (QED) is 0.601. The number of piperazine rings is 1. The van der Waals surface area contributed by atoms with Gasteiger partial charge in [-0.15, -0.1) is 0 Å². The molecule has 182 valence electrons. The highest BCUT2D eigenvalue weighted by atomic mass is 16.2. The fourth-order valence-corrected chi connectivity index (χ4v) is 4.78. The molecule has 0 aromatic carbocycles. The fraction of sp³-hybridized carbons (Fsp3) is 0.480. The summed E-state index contributed by atoms with van der Waals surface area (Å²) in [7, 11) is 2.14. The van der Waals surface area contributed by atoms with Crippen LogP contribution in [-0.2, 0) is 4.79 Å². The second-order valence-electron chi connectivity index (χ2n) is 9.46. The molecule has 1 amide bonds. The number of nitrogens with one attached hydrogen (secondary N) is 1. The van der Waals surface area contributed by atoms with Crippen molar-refractivity contribution in [2.75, 3.05) is 56.5 Å². The molecule has 2 aliphatic rings. The van der Waals surface area contributed by atoms with Gasteiger partial charge >= 0.3 is 0 Å². The van der Waals surface area contributed by atoms with Crippen molar-refractivity contribution in [1.82, 2.24) is 29.2 Å². The lowest BCUT2D eigenvalue weighted by molar-refractivity contribution is -0.131. The molecule has 0 saturated carbocycles. The molecule has 1 unspecified atom stereocenters. The van der Waals surface area contributed by atoms with Gasteiger partial charge in [0.05, 0.1) is 12.3 Å². The van der Waals surface area contributed by atoms with Gasteiger partial charge < -0.3 is 20.0 Å². The Morgan fingerprint density at radius 2 is 2.03 bits per heavy atom. The first kappa shape index (κ1) is 23.1. The van der Waals surface area contributed by atoms with Crippen LogP contribution in [-0.4, -0.2) is 87.4 Å². The van der Waals surface area contributed by atoms with Gasteiger partial charge in [0, 0.05) is 57.6 Å².